The molecule has 0 unspecified atom stereocenters. The number of carbonyl (C=O) groups is 2. The van der Waals surface area contributed by atoms with Gasteiger partial charge >= 0.3 is 12.1 Å². The van der Waals surface area contributed by atoms with Gasteiger partial charge in [0.15, 0.2) is 0 Å². The summed E-state index contributed by atoms with van der Waals surface area (Å²) in [5, 5.41) is 11.0. The van der Waals surface area contributed by atoms with E-state index in [1.165, 1.54) is 0 Å². The summed E-state index contributed by atoms with van der Waals surface area (Å²) in [5.41, 5.74) is 16.7. The number of carbonyl (C=O) groups excluding carboxylic acids is 1. The molecule has 2 heterocycles. The maximum atomic E-state index is 13.0. The molecule has 2 aromatic carbocycles. The van der Waals surface area contributed by atoms with E-state index in [-0.39, 0.29) is 5.91 Å². The fourth-order valence-electron chi connectivity index (χ4n) is 3.43. The van der Waals surface area contributed by atoms with E-state index in [0.717, 1.165) is 27.6 Å². The molecule has 0 fully saturated rings. The quantitative estimate of drug-likeness (QED) is 0.220. The maximum absolute atomic E-state index is 13.0. The number of rotatable bonds is 6. The Kier molecular flexibility index (Phi) is 8.45. The molecule has 0 aliphatic carbocycles. The number of carboxylic acids is 1. The number of halogens is 3. The number of hydrogen-bond donors (Lipinski definition) is 4. The minimum atomic E-state index is -5.08. The van der Waals surface area contributed by atoms with Crippen molar-refractivity contribution in [3.05, 3.63) is 95.4 Å². The van der Waals surface area contributed by atoms with E-state index in [1.807, 2.05) is 65.2 Å². The van der Waals surface area contributed by atoms with Crippen molar-refractivity contribution in [3.63, 3.8) is 0 Å². The van der Waals surface area contributed by atoms with Gasteiger partial charge in [0.1, 0.15) is 10.7 Å². The standard InChI is InChI=1S/C23H21N5OS.C2HF3O2/c24-19-4-5-20-18(11-19)12-21(23(29)27-13-15-6-8-26-9-7-15)28(20)14-16-2-1-3-17(10-16)22(25)30;3-2(4,5)1(6)7/h1-12H,13-14,24H2,(H2,25,30)(H,27,29);(H,6,7). The number of alkyl halides is 3. The lowest BCUT2D eigenvalue weighted by atomic mass is 10.1. The number of nitrogens with two attached hydrogens (primary N) is 2. The average Bonchev–Trinajstić information content (AvgIpc) is 3.20. The van der Waals surface area contributed by atoms with Crippen LogP contribution in [-0.2, 0) is 17.9 Å². The minimum absolute atomic E-state index is 0.160. The van der Waals surface area contributed by atoms with E-state index in [0.29, 0.717) is 29.5 Å². The normalized spacial score (nSPS) is 10.9. The largest absolute Gasteiger partial charge is 0.490 e. The van der Waals surface area contributed by atoms with Gasteiger partial charge in [-0.3, -0.25) is 9.78 Å². The summed E-state index contributed by atoms with van der Waals surface area (Å²) in [4.78, 5) is 26.3. The zero-order chi connectivity index (χ0) is 27.2. The Morgan fingerprint density at radius 3 is 2.32 bits per heavy atom. The summed E-state index contributed by atoms with van der Waals surface area (Å²) in [7, 11) is 0. The van der Waals surface area contributed by atoms with Crippen molar-refractivity contribution in [1.29, 1.82) is 0 Å². The second-order valence-electron chi connectivity index (χ2n) is 7.84. The Bertz CT molecular complexity index is 1440. The van der Waals surface area contributed by atoms with E-state index in [1.54, 1.807) is 12.4 Å². The molecule has 6 N–H and O–H groups in total. The summed E-state index contributed by atoms with van der Waals surface area (Å²) in [6.07, 6.45) is -1.67. The Morgan fingerprint density at radius 1 is 1.03 bits per heavy atom. The number of aromatic nitrogens is 2. The lowest BCUT2D eigenvalue weighted by Crippen LogP contribution is -2.25. The molecular weight excluding hydrogens is 507 g/mol. The van der Waals surface area contributed by atoms with E-state index >= 15 is 0 Å². The molecule has 2 aromatic heterocycles. The van der Waals surface area contributed by atoms with Crippen LogP contribution >= 0.6 is 12.2 Å². The fourth-order valence-corrected chi connectivity index (χ4v) is 3.55. The highest BCUT2D eigenvalue weighted by Gasteiger charge is 2.38. The second-order valence-corrected chi connectivity index (χ2v) is 8.28. The van der Waals surface area contributed by atoms with Gasteiger partial charge in [0.05, 0.1) is 0 Å². The highest BCUT2D eigenvalue weighted by atomic mass is 32.1. The van der Waals surface area contributed by atoms with Gasteiger partial charge in [-0.2, -0.15) is 13.2 Å². The summed E-state index contributed by atoms with van der Waals surface area (Å²) < 4.78 is 33.7. The number of benzene rings is 2. The van der Waals surface area contributed by atoms with Gasteiger partial charge in [-0.05, 0) is 53.6 Å². The van der Waals surface area contributed by atoms with Crippen molar-refractivity contribution in [2.24, 2.45) is 5.73 Å². The zero-order valence-electron chi connectivity index (χ0n) is 19.2. The van der Waals surface area contributed by atoms with Crippen molar-refractivity contribution >= 4 is 45.7 Å². The average molecular weight is 530 g/mol. The summed E-state index contributed by atoms with van der Waals surface area (Å²) in [6.45, 7) is 0.920. The molecular formula is C25H22F3N5O3S. The van der Waals surface area contributed by atoms with Crippen LogP contribution in [0.5, 0.6) is 0 Å². The first-order valence-corrected chi connectivity index (χ1v) is 11.1. The van der Waals surface area contributed by atoms with Crippen LogP contribution in [0.25, 0.3) is 10.9 Å². The van der Waals surface area contributed by atoms with Gasteiger partial charge in [-0.1, -0.05) is 30.4 Å². The van der Waals surface area contributed by atoms with Crippen LogP contribution in [0.1, 0.15) is 27.2 Å². The number of thiocarbonyl (C=S) groups is 1. The van der Waals surface area contributed by atoms with Crippen LogP contribution in [0, 0.1) is 0 Å². The number of amides is 1. The number of hydrogen-bond acceptors (Lipinski definition) is 5. The maximum Gasteiger partial charge on any atom is 0.490 e. The van der Waals surface area contributed by atoms with Gasteiger partial charge in [0, 0.05) is 47.6 Å². The molecule has 0 bridgehead atoms. The molecule has 4 rings (SSSR count). The Hall–Kier alpha value is -4.45. The third kappa shape index (κ3) is 7.27. The first kappa shape index (κ1) is 27.1. The smallest absolute Gasteiger partial charge is 0.475 e. The summed E-state index contributed by atoms with van der Waals surface area (Å²) in [5.74, 6) is -2.92. The number of anilines is 1. The van der Waals surface area contributed by atoms with Crippen LogP contribution in [0.15, 0.2) is 73.1 Å². The Balaban J connectivity index is 0.000000479. The zero-order valence-corrected chi connectivity index (χ0v) is 20.0. The second kappa shape index (κ2) is 11.5. The molecule has 0 saturated carbocycles. The molecule has 12 heteroatoms. The highest BCUT2D eigenvalue weighted by molar-refractivity contribution is 7.80. The lowest BCUT2D eigenvalue weighted by molar-refractivity contribution is -0.192. The number of carboxylic acid groups (broad SMARTS) is 1. The molecule has 192 valence electrons. The molecule has 0 aliphatic heterocycles. The Morgan fingerprint density at radius 2 is 1.70 bits per heavy atom. The summed E-state index contributed by atoms with van der Waals surface area (Å²) >= 11 is 5.10. The van der Waals surface area contributed by atoms with Gasteiger partial charge in [0.25, 0.3) is 5.91 Å². The van der Waals surface area contributed by atoms with Gasteiger partial charge < -0.3 is 26.5 Å². The lowest BCUT2D eigenvalue weighted by Gasteiger charge is -2.12. The molecule has 0 atom stereocenters. The first-order chi connectivity index (χ1) is 17.5. The molecule has 4 aromatic rings. The van der Waals surface area contributed by atoms with Crippen molar-refractivity contribution < 1.29 is 27.9 Å². The SMILES string of the molecule is NC(=S)c1cccc(Cn2c(C(=O)NCc3ccncc3)cc3cc(N)ccc32)c1.O=C(O)C(F)(F)F. The minimum Gasteiger partial charge on any atom is -0.475 e. The van der Waals surface area contributed by atoms with Crippen molar-refractivity contribution in [2.75, 3.05) is 5.73 Å². The summed E-state index contributed by atoms with van der Waals surface area (Å²) in [6, 6.07) is 19.0. The highest BCUT2D eigenvalue weighted by Crippen LogP contribution is 2.24. The first-order valence-electron chi connectivity index (χ1n) is 10.7. The number of nitrogen functional groups attached to an aromatic ring is 1. The third-order valence-electron chi connectivity index (χ3n) is 5.16. The van der Waals surface area contributed by atoms with Crippen LogP contribution < -0.4 is 16.8 Å². The van der Waals surface area contributed by atoms with E-state index in [4.69, 9.17) is 33.6 Å². The van der Waals surface area contributed by atoms with E-state index < -0.39 is 12.1 Å². The van der Waals surface area contributed by atoms with Crippen LogP contribution in [-0.4, -0.2) is 37.7 Å². The molecule has 0 spiro atoms. The fraction of sp³-hybridized carbons (Fsp3) is 0.120. The van der Waals surface area contributed by atoms with Crippen LogP contribution in [0.4, 0.5) is 18.9 Å². The molecule has 8 nitrogen and oxygen atoms in total. The predicted octanol–water partition coefficient (Wildman–Crippen LogP) is 3.86. The molecule has 37 heavy (non-hydrogen) atoms. The number of pyridine rings is 1. The number of fused-ring (bicyclic) bond motifs is 1. The van der Waals surface area contributed by atoms with Crippen LogP contribution in [0.2, 0.25) is 0 Å². The number of aliphatic carboxylic acids is 1. The molecule has 0 saturated heterocycles. The van der Waals surface area contributed by atoms with Crippen LogP contribution in [0.3, 0.4) is 0 Å². The molecule has 1 amide bonds. The van der Waals surface area contributed by atoms with Gasteiger partial charge in [-0.25, -0.2) is 4.79 Å². The van der Waals surface area contributed by atoms with E-state index in [9.17, 15) is 18.0 Å². The van der Waals surface area contributed by atoms with Gasteiger partial charge in [0.2, 0.25) is 0 Å². The predicted molar refractivity (Wildman–Crippen MR) is 137 cm³/mol. The molecule has 0 radical (unpaired) electrons. The van der Waals surface area contributed by atoms with Crippen molar-refractivity contribution in [1.82, 2.24) is 14.9 Å². The van der Waals surface area contributed by atoms with Gasteiger partial charge in [-0.15, -0.1) is 0 Å². The monoisotopic (exact) mass is 529 g/mol. The van der Waals surface area contributed by atoms with E-state index in [2.05, 4.69) is 10.3 Å². The third-order valence-corrected chi connectivity index (χ3v) is 5.39. The topological polar surface area (TPSA) is 136 Å². The molecule has 0 aliphatic rings. The van der Waals surface area contributed by atoms with Crippen molar-refractivity contribution in [2.45, 2.75) is 19.3 Å². The van der Waals surface area contributed by atoms with Crippen molar-refractivity contribution in [3.8, 4) is 0 Å². The Labute approximate surface area is 214 Å². The number of nitrogens with zero attached hydrogens (tertiary/aromatic N) is 2. The number of nitrogens with one attached hydrogen (secondary N) is 1.